The van der Waals surface area contributed by atoms with E-state index in [1.54, 1.807) is 4.68 Å². The summed E-state index contributed by atoms with van der Waals surface area (Å²) in [5, 5.41) is 16.2. The molecule has 0 aliphatic heterocycles. The average molecular weight is 348 g/mol. The average Bonchev–Trinajstić information content (AvgIpc) is 3.08. The number of aromatic nitrogens is 5. The van der Waals surface area contributed by atoms with Crippen molar-refractivity contribution in [1.82, 2.24) is 25.2 Å². The van der Waals surface area contributed by atoms with E-state index in [1.807, 2.05) is 44.3 Å². The smallest absolute Gasteiger partial charge is 0.247 e. The Hall–Kier alpha value is -2.02. The lowest BCUT2D eigenvalue weighted by atomic mass is 10.1. The fourth-order valence-corrected chi connectivity index (χ4v) is 2.13. The predicted molar refractivity (Wildman–Crippen MR) is 80.9 cm³/mol. The molecule has 0 saturated carbocycles. The third kappa shape index (κ3) is 3.18. The van der Waals surface area contributed by atoms with Crippen LogP contribution in [0.2, 0.25) is 0 Å². The van der Waals surface area contributed by atoms with Gasteiger partial charge >= 0.3 is 0 Å². The molecule has 7 heteroatoms. The molecule has 1 aromatic carbocycles. The summed E-state index contributed by atoms with van der Waals surface area (Å²) in [5.41, 5.74) is 2.94. The van der Waals surface area contributed by atoms with Crippen LogP contribution in [-0.4, -0.2) is 25.2 Å². The Kier molecular flexibility index (Phi) is 3.83. The molecule has 0 N–H and O–H groups in total. The molecule has 6 nitrogen and oxygen atoms in total. The molecular weight excluding hydrogens is 334 g/mol. The standard InChI is InChI=1S/C14H14BrN5O/c1-9-4-3-5-11(6-9)14-18-17-13(21-14)8-20-7-12(10(2)15)16-19-20/h3-7,10H,8H2,1-2H3. The molecule has 0 amide bonds. The Morgan fingerprint density at radius 2 is 2.14 bits per heavy atom. The van der Waals surface area contributed by atoms with Crippen molar-refractivity contribution in [3.8, 4) is 11.5 Å². The third-order valence-corrected chi connectivity index (χ3v) is 3.46. The lowest BCUT2D eigenvalue weighted by Gasteiger charge is -1.97. The second kappa shape index (κ2) is 5.77. The molecule has 3 rings (SSSR count). The Bertz CT molecular complexity index is 749. The summed E-state index contributed by atoms with van der Waals surface area (Å²) in [6.07, 6.45) is 1.86. The number of alkyl halides is 1. The molecule has 1 unspecified atom stereocenters. The van der Waals surface area contributed by atoms with Crippen LogP contribution in [0.5, 0.6) is 0 Å². The lowest BCUT2D eigenvalue weighted by molar-refractivity contribution is 0.469. The highest BCUT2D eigenvalue weighted by Crippen LogP contribution is 2.20. The number of hydrogen-bond acceptors (Lipinski definition) is 5. The topological polar surface area (TPSA) is 69.6 Å². The maximum absolute atomic E-state index is 5.68. The van der Waals surface area contributed by atoms with E-state index in [0.29, 0.717) is 18.3 Å². The van der Waals surface area contributed by atoms with Gasteiger partial charge in [-0.15, -0.1) is 15.3 Å². The van der Waals surface area contributed by atoms with Gasteiger partial charge in [-0.2, -0.15) is 0 Å². The first-order valence-corrected chi connectivity index (χ1v) is 7.47. The Morgan fingerprint density at radius 3 is 2.86 bits per heavy atom. The van der Waals surface area contributed by atoms with Crippen molar-refractivity contribution in [3.05, 3.63) is 47.6 Å². The zero-order valence-electron chi connectivity index (χ0n) is 11.7. The normalized spacial score (nSPS) is 12.5. The van der Waals surface area contributed by atoms with Crippen LogP contribution in [0.4, 0.5) is 0 Å². The highest BCUT2D eigenvalue weighted by atomic mass is 79.9. The van der Waals surface area contributed by atoms with Gasteiger partial charge in [0.25, 0.3) is 0 Å². The highest BCUT2D eigenvalue weighted by molar-refractivity contribution is 9.09. The van der Waals surface area contributed by atoms with Crippen molar-refractivity contribution < 1.29 is 4.42 Å². The summed E-state index contributed by atoms with van der Waals surface area (Å²) in [5.74, 6) is 1.02. The second-order valence-electron chi connectivity index (χ2n) is 4.83. The molecular formula is C14H14BrN5O. The van der Waals surface area contributed by atoms with Gasteiger partial charge in [-0.1, -0.05) is 38.8 Å². The fourth-order valence-electron chi connectivity index (χ4n) is 1.92. The first-order valence-electron chi connectivity index (χ1n) is 6.55. The van der Waals surface area contributed by atoms with E-state index in [4.69, 9.17) is 4.42 Å². The van der Waals surface area contributed by atoms with Crippen LogP contribution in [-0.2, 0) is 6.54 Å². The van der Waals surface area contributed by atoms with E-state index in [9.17, 15) is 0 Å². The zero-order chi connectivity index (χ0) is 14.8. The van der Waals surface area contributed by atoms with E-state index >= 15 is 0 Å². The first-order chi connectivity index (χ1) is 10.1. The largest absolute Gasteiger partial charge is 0.419 e. The minimum absolute atomic E-state index is 0.164. The van der Waals surface area contributed by atoms with Gasteiger partial charge in [-0.05, 0) is 26.0 Å². The summed E-state index contributed by atoms with van der Waals surface area (Å²) in [6.45, 7) is 4.43. The van der Waals surface area contributed by atoms with Gasteiger partial charge < -0.3 is 4.42 Å². The number of nitrogens with zero attached hydrogens (tertiary/aromatic N) is 5. The zero-order valence-corrected chi connectivity index (χ0v) is 13.3. The van der Waals surface area contributed by atoms with Gasteiger partial charge in [0.15, 0.2) is 0 Å². The van der Waals surface area contributed by atoms with Gasteiger partial charge in [0.1, 0.15) is 6.54 Å². The number of aryl methyl sites for hydroxylation is 1. The number of halogens is 1. The van der Waals surface area contributed by atoms with E-state index in [-0.39, 0.29) is 4.83 Å². The van der Waals surface area contributed by atoms with Gasteiger partial charge in [-0.3, -0.25) is 0 Å². The van der Waals surface area contributed by atoms with E-state index in [0.717, 1.165) is 16.8 Å². The van der Waals surface area contributed by atoms with Gasteiger partial charge in [-0.25, -0.2) is 4.68 Å². The van der Waals surface area contributed by atoms with Crippen molar-refractivity contribution in [2.45, 2.75) is 25.2 Å². The quantitative estimate of drug-likeness (QED) is 0.678. The molecule has 0 fully saturated rings. The predicted octanol–water partition coefficient (Wildman–Crippen LogP) is 3.14. The van der Waals surface area contributed by atoms with Gasteiger partial charge in [0.2, 0.25) is 11.8 Å². The maximum Gasteiger partial charge on any atom is 0.247 e. The highest BCUT2D eigenvalue weighted by Gasteiger charge is 2.11. The summed E-state index contributed by atoms with van der Waals surface area (Å²) < 4.78 is 7.36. The molecule has 0 radical (unpaired) electrons. The lowest BCUT2D eigenvalue weighted by Crippen LogP contribution is -2.00. The van der Waals surface area contributed by atoms with Crippen LogP contribution in [0.25, 0.3) is 11.5 Å². The van der Waals surface area contributed by atoms with Gasteiger partial charge in [0.05, 0.1) is 16.7 Å². The molecule has 0 aliphatic rings. The van der Waals surface area contributed by atoms with Crippen molar-refractivity contribution in [2.24, 2.45) is 0 Å². The third-order valence-electron chi connectivity index (χ3n) is 2.99. The Morgan fingerprint density at radius 1 is 1.29 bits per heavy atom. The van der Waals surface area contributed by atoms with E-state index in [2.05, 4.69) is 36.4 Å². The minimum atomic E-state index is 0.164. The number of hydrogen-bond donors (Lipinski definition) is 0. The molecule has 108 valence electrons. The molecule has 2 aromatic heterocycles. The van der Waals surface area contributed by atoms with Crippen molar-refractivity contribution in [2.75, 3.05) is 0 Å². The fraction of sp³-hybridized carbons (Fsp3) is 0.286. The summed E-state index contributed by atoms with van der Waals surface area (Å²) in [4.78, 5) is 0.164. The van der Waals surface area contributed by atoms with Crippen LogP contribution in [0.15, 0.2) is 34.9 Å². The number of benzene rings is 1. The van der Waals surface area contributed by atoms with E-state index in [1.165, 1.54) is 0 Å². The van der Waals surface area contributed by atoms with Crippen LogP contribution in [0.3, 0.4) is 0 Å². The second-order valence-corrected chi connectivity index (χ2v) is 6.20. The van der Waals surface area contributed by atoms with Crippen molar-refractivity contribution in [1.29, 1.82) is 0 Å². The Labute approximate surface area is 130 Å². The van der Waals surface area contributed by atoms with Crippen molar-refractivity contribution >= 4 is 15.9 Å². The Balaban J connectivity index is 1.78. The monoisotopic (exact) mass is 347 g/mol. The molecule has 0 bridgehead atoms. The molecule has 3 aromatic rings. The summed E-state index contributed by atoms with van der Waals surface area (Å²) in [7, 11) is 0. The summed E-state index contributed by atoms with van der Waals surface area (Å²) in [6, 6.07) is 7.95. The minimum Gasteiger partial charge on any atom is -0.419 e. The van der Waals surface area contributed by atoms with Crippen LogP contribution < -0.4 is 0 Å². The molecule has 0 aliphatic carbocycles. The van der Waals surface area contributed by atoms with Crippen LogP contribution in [0, 0.1) is 6.92 Å². The van der Waals surface area contributed by atoms with Crippen molar-refractivity contribution in [3.63, 3.8) is 0 Å². The van der Waals surface area contributed by atoms with Gasteiger partial charge in [0, 0.05) is 5.56 Å². The summed E-state index contributed by atoms with van der Waals surface area (Å²) >= 11 is 3.46. The van der Waals surface area contributed by atoms with Crippen LogP contribution >= 0.6 is 15.9 Å². The first kappa shape index (κ1) is 13.9. The SMILES string of the molecule is Cc1cccc(-c2nnc(Cn3cc(C(C)Br)nn3)o2)c1. The molecule has 21 heavy (non-hydrogen) atoms. The molecule has 0 saturated heterocycles. The van der Waals surface area contributed by atoms with E-state index < -0.39 is 0 Å². The van der Waals surface area contributed by atoms with Crippen LogP contribution in [0.1, 0.15) is 28.9 Å². The number of rotatable bonds is 4. The molecule has 2 heterocycles. The molecule has 0 spiro atoms. The molecule has 1 atom stereocenters. The maximum atomic E-state index is 5.68.